The number of halogens is 2. The molecule has 2 N–H and O–H groups in total. The van der Waals surface area contributed by atoms with Crippen molar-refractivity contribution in [3.8, 4) is 0 Å². The molecule has 0 bridgehead atoms. The number of carbonyl (C=O) groups excluding carboxylic acids is 1. The minimum absolute atomic E-state index is 0.143. The zero-order valence-corrected chi connectivity index (χ0v) is 11.2. The van der Waals surface area contributed by atoms with Gasteiger partial charge in [-0.05, 0) is 39.7 Å². The summed E-state index contributed by atoms with van der Waals surface area (Å²) >= 11 is 9.13. The third-order valence-corrected chi connectivity index (χ3v) is 2.93. The van der Waals surface area contributed by atoms with Gasteiger partial charge in [-0.2, -0.15) is 0 Å². The second-order valence-electron chi connectivity index (χ2n) is 3.54. The molecule has 1 aromatic heterocycles. The van der Waals surface area contributed by atoms with Crippen molar-refractivity contribution in [3.05, 3.63) is 57.3 Å². The Bertz CT molecular complexity index is 539. The number of amides is 1. The molecule has 1 aromatic carbocycles. The molecule has 0 saturated carbocycles. The Morgan fingerprint density at radius 2 is 2.24 bits per heavy atom. The van der Waals surface area contributed by atoms with Crippen LogP contribution in [-0.2, 0) is 6.54 Å². The fourth-order valence-corrected chi connectivity index (χ4v) is 1.98. The Morgan fingerprint density at radius 1 is 1.41 bits per heavy atom. The van der Waals surface area contributed by atoms with Crippen LogP contribution in [0.4, 0.5) is 0 Å². The predicted molar refractivity (Wildman–Crippen MR) is 71.1 cm³/mol. The first kappa shape index (κ1) is 12.2. The molecule has 0 radical (unpaired) electrons. The standard InChI is InChI=1S/C12H10BrClN2O/c13-9-5-11(15-7-9)12(17)16-6-8-2-1-3-10(14)4-8/h1-5,7,15H,6H2,(H,16,17). The molecule has 0 unspecified atom stereocenters. The quantitative estimate of drug-likeness (QED) is 0.896. The maximum Gasteiger partial charge on any atom is 0.267 e. The Morgan fingerprint density at radius 3 is 2.88 bits per heavy atom. The van der Waals surface area contributed by atoms with E-state index in [1.165, 1.54) is 0 Å². The Balaban J connectivity index is 1.97. The smallest absolute Gasteiger partial charge is 0.267 e. The van der Waals surface area contributed by atoms with Crippen LogP contribution in [0.3, 0.4) is 0 Å². The summed E-state index contributed by atoms with van der Waals surface area (Å²) in [5.41, 5.74) is 1.50. The van der Waals surface area contributed by atoms with Crippen molar-refractivity contribution in [1.82, 2.24) is 10.3 Å². The summed E-state index contributed by atoms with van der Waals surface area (Å²) in [6.07, 6.45) is 1.72. The number of nitrogens with one attached hydrogen (secondary N) is 2. The van der Waals surface area contributed by atoms with Gasteiger partial charge in [-0.3, -0.25) is 4.79 Å². The maximum atomic E-state index is 11.7. The van der Waals surface area contributed by atoms with Crippen LogP contribution >= 0.6 is 27.5 Å². The summed E-state index contributed by atoms with van der Waals surface area (Å²) in [6.45, 7) is 0.454. The van der Waals surface area contributed by atoms with Crippen LogP contribution in [0.15, 0.2) is 41.0 Å². The fraction of sp³-hybridized carbons (Fsp3) is 0.0833. The normalized spacial score (nSPS) is 10.2. The Labute approximate surface area is 112 Å². The second-order valence-corrected chi connectivity index (χ2v) is 4.90. The van der Waals surface area contributed by atoms with E-state index in [2.05, 4.69) is 26.2 Å². The van der Waals surface area contributed by atoms with Gasteiger partial charge in [-0.15, -0.1) is 0 Å². The number of H-pyrrole nitrogens is 1. The summed E-state index contributed by atoms with van der Waals surface area (Å²) in [7, 11) is 0. The number of carbonyl (C=O) groups is 1. The monoisotopic (exact) mass is 312 g/mol. The lowest BCUT2D eigenvalue weighted by molar-refractivity contribution is 0.0946. The Kier molecular flexibility index (Phi) is 3.86. The molecule has 0 aliphatic heterocycles. The molecule has 1 amide bonds. The van der Waals surface area contributed by atoms with E-state index in [9.17, 15) is 4.79 Å². The highest BCUT2D eigenvalue weighted by Crippen LogP contribution is 2.12. The van der Waals surface area contributed by atoms with Crippen LogP contribution in [0.5, 0.6) is 0 Å². The van der Waals surface area contributed by atoms with Gasteiger partial charge >= 0.3 is 0 Å². The first-order valence-corrected chi connectivity index (χ1v) is 6.19. The highest BCUT2D eigenvalue weighted by molar-refractivity contribution is 9.10. The summed E-state index contributed by atoms with van der Waals surface area (Å²) < 4.78 is 0.852. The van der Waals surface area contributed by atoms with Gasteiger partial charge in [-0.1, -0.05) is 23.7 Å². The van der Waals surface area contributed by atoms with Crippen LogP contribution < -0.4 is 5.32 Å². The van der Waals surface area contributed by atoms with Gasteiger partial charge in [0.2, 0.25) is 0 Å². The van der Waals surface area contributed by atoms with Crippen molar-refractivity contribution in [2.45, 2.75) is 6.54 Å². The van der Waals surface area contributed by atoms with Crippen LogP contribution in [0.1, 0.15) is 16.1 Å². The molecule has 2 aromatic rings. The van der Waals surface area contributed by atoms with Crippen molar-refractivity contribution in [1.29, 1.82) is 0 Å². The molecule has 0 aliphatic carbocycles. The number of rotatable bonds is 3. The zero-order chi connectivity index (χ0) is 12.3. The van der Waals surface area contributed by atoms with Gasteiger partial charge in [0.05, 0.1) is 0 Å². The van der Waals surface area contributed by atoms with Gasteiger partial charge in [-0.25, -0.2) is 0 Å². The van der Waals surface area contributed by atoms with Gasteiger partial charge in [0.25, 0.3) is 5.91 Å². The van der Waals surface area contributed by atoms with Crippen LogP contribution in [0, 0.1) is 0 Å². The minimum atomic E-state index is -0.143. The topological polar surface area (TPSA) is 44.9 Å². The van der Waals surface area contributed by atoms with Crippen molar-refractivity contribution in [2.75, 3.05) is 0 Å². The summed E-state index contributed by atoms with van der Waals surface area (Å²) in [6, 6.07) is 9.13. The highest BCUT2D eigenvalue weighted by Gasteiger charge is 2.07. The van der Waals surface area contributed by atoms with E-state index in [4.69, 9.17) is 11.6 Å². The Hall–Kier alpha value is -1.26. The third kappa shape index (κ3) is 3.35. The molecular weight excluding hydrogens is 304 g/mol. The molecule has 17 heavy (non-hydrogen) atoms. The summed E-state index contributed by atoms with van der Waals surface area (Å²) in [5, 5.41) is 3.47. The van der Waals surface area contributed by atoms with Crippen molar-refractivity contribution >= 4 is 33.4 Å². The molecule has 0 fully saturated rings. The van der Waals surface area contributed by atoms with Crippen LogP contribution in [0.25, 0.3) is 0 Å². The molecule has 0 aliphatic rings. The van der Waals surface area contributed by atoms with Crippen LogP contribution in [-0.4, -0.2) is 10.9 Å². The third-order valence-electron chi connectivity index (χ3n) is 2.23. The van der Waals surface area contributed by atoms with Gasteiger partial charge < -0.3 is 10.3 Å². The molecule has 5 heteroatoms. The molecule has 2 rings (SSSR count). The van der Waals surface area contributed by atoms with E-state index in [0.29, 0.717) is 17.3 Å². The number of benzene rings is 1. The van der Waals surface area contributed by atoms with Gasteiger partial charge in [0.1, 0.15) is 5.69 Å². The average molecular weight is 314 g/mol. The van der Waals surface area contributed by atoms with E-state index < -0.39 is 0 Å². The number of hydrogen-bond acceptors (Lipinski definition) is 1. The lowest BCUT2D eigenvalue weighted by Gasteiger charge is -2.04. The molecule has 0 atom stereocenters. The number of hydrogen-bond donors (Lipinski definition) is 2. The minimum Gasteiger partial charge on any atom is -0.356 e. The summed E-state index contributed by atoms with van der Waals surface area (Å²) in [5.74, 6) is -0.143. The lowest BCUT2D eigenvalue weighted by Crippen LogP contribution is -2.22. The second kappa shape index (κ2) is 5.38. The lowest BCUT2D eigenvalue weighted by atomic mass is 10.2. The van der Waals surface area contributed by atoms with E-state index >= 15 is 0 Å². The highest BCUT2D eigenvalue weighted by atomic mass is 79.9. The molecule has 88 valence electrons. The molecular formula is C12H10BrClN2O. The largest absolute Gasteiger partial charge is 0.356 e. The SMILES string of the molecule is O=C(NCc1cccc(Cl)c1)c1cc(Br)c[nH]1. The molecule has 0 spiro atoms. The van der Waals surface area contributed by atoms with Gasteiger partial charge in [0, 0.05) is 22.2 Å². The zero-order valence-electron chi connectivity index (χ0n) is 8.84. The first-order valence-electron chi connectivity index (χ1n) is 5.02. The van der Waals surface area contributed by atoms with E-state index in [1.807, 2.05) is 18.2 Å². The maximum absolute atomic E-state index is 11.7. The van der Waals surface area contributed by atoms with Gasteiger partial charge in [0.15, 0.2) is 0 Å². The number of aromatic amines is 1. The fourth-order valence-electron chi connectivity index (χ4n) is 1.42. The molecule has 0 saturated heterocycles. The van der Waals surface area contributed by atoms with E-state index in [0.717, 1.165) is 10.0 Å². The van der Waals surface area contributed by atoms with E-state index in [-0.39, 0.29) is 5.91 Å². The average Bonchev–Trinajstić information content (AvgIpc) is 2.73. The summed E-state index contributed by atoms with van der Waals surface area (Å²) in [4.78, 5) is 14.6. The molecule has 1 heterocycles. The van der Waals surface area contributed by atoms with E-state index in [1.54, 1.807) is 18.3 Å². The number of aromatic nitrogens is 1. The molecule has 3 nitrogen and oxygen atoms in total. The van der Waals surface area contributed by atoms with Crippen molar-refractivity contribution < 1.29 is 4.79 Å². The van der Waals surface area contributed by atoms with Crippen LogP contribution in [0.2, 0.25) is 5.02 Å². The van der Waals surface area contributed by atoms with Crippen molar-refractivity contribution in [3.63, 3.8) is 0 Å². The first-order chi connectivity index (χ1) is 8.15. The predicted octanol–water partition coefficient (Wildman–Crippen LogP) is 3.36. The van der Waals surface area contributed by atoms with Crippen molar-refractivity contribution in [2.24, 2.45) is 0 Å².